The van der Waals surface area contributed by atoms with Crippen LogP contribution in [0, 0.1) is 0 Å². The summed E-state index contributed by atoms with van der Waals surface area (Å²) in [5.41, 5.74) is 0. The molecule has 0 aromatic heterocycles. The van der Waals surface area contributed by atoms with E-state index in [0.29, 0.717) is 19.3 Å². The van der Waals surface area contributed by atoms with Crippen molar-refractivity contribution in [3.05, 3.63) is 0 Å². The van der Waals surface area contributed by atoms with E-state index in [4.69, 9.17) is 10.0 Å². The van der Waals surface area contributed by atoms with Crippen LogP contribution < -0.4 is 0 Å². The second kappa shape index (κ2) is 3.70. The molecule has 5 heteroatoms. The van der Waals surface area contributed by atoms with Crippen LogP contribution in [0.3, 0.4) is 0 Å². The van der Waals surface area contributed by atoms with Crippen molar-refractivity contribution in [2.24, 2.45) is 0 Å². The lowest BCUT2D eigenvalue weighted by molar-refractivity contribution is -0.0155. The highest BCUT2D eigenvalue weighted by Crippen LogP contribution is 2.38. The van der Waals surface area contributed by atoms with E-state index in [1.165, 1.54) is 0 Å². The zero-order valence-corrected chi connectivity index (χ0v) is 6.84. The maximum atomic E-state index is 12.9. The molecule has 0 spiro atoms. The number of halogens is 2. The fraction of sp³-hybridized carbons (Fsp3) is 1.00. The first-order valence-electron chi connectivity index (χ1n) is 4.25. The zero-order chi connectivity index (χ0) is 9.19. The highest BCUT2D eigenvalue weighted by molar-refractivity contribution is 6.43. The minimum absolute atomic E-state index is 0.115. The van der Waals surface area contributed by atoms with Crippen LogP contribution in [-0.2, 0) is 0 Å². The lowest BCUT2D eigenvalue weighted by Crippen LogP contribution is -2.26. The fourth-order valence-electron chi connectivity index (χ4n) is 1.63. The summed E-state index contributed by atoms with van der Waals surface area (Å²) >= 11 is 0. The van der Waals surface area contributed by atoms with Crippen LogP contribution in [0.5, 0.6) is 0 Å². The molecule has 1 aliphatic rings. The summed E-state index contributed by atoms with van der Waals surface area (Å²) in [6.45, 7) is 0. The lowest BCUT2D eigenvalue weighted by atomic mass is 9.68. The molecule has 1 rings (SSSR count). The van der Waals surface area contributed by atoms with Gasteiger partial charge in [-0.1, -0.05) is 12.8 Å². The van der Waals surface area contributed by atoms with Gasteiger partial charge >= 0.3 is 7.12 Å². The van der Waals surface area contributed by atoms with Gasteiger partial charge in [-0.25, -0.2) is 8.78 Å². The Hall–Kier alpha value is -0.155. The summed E-state index contributed by atoms with van der Waals surface area (Å²) in [5, 5.41) is 17.5. The van der Waals surface area contributed by atoms with Crippen LogP contribution in [-0.4, -0.2) is 23.1 Å². The highest BCUT2D eigenvalue weighted by atomic mass is 19.3. The first-order chi connectivity index (χ1) is 5.51. The molecule has 0 heterocycles. The summed E-state index contributed by atoms with van der Waals surface area (Å²) < 4.78 is 25.7. The summed E-state index contributed by atoms with van der Waals surface area (Å²) in [7, 11) is -1.59. The molecule has 1 saturated carbocycles. The molecule has 2 nitrogen and oxygen atoms in total. The Bertz CT molecular complexity index is 152. The molecule has 0 radical (unpaired) electrons. The van der Waals surface area contributed by atoms with Crippen LogP contribution >= 0.6 is 0 Å². The van der Waals surface area contributed by atoms with Crippen molar-refractivity contribution in [2.75, 3.05) is 0 Å². The Morgan fingerprint density at radius 3 is 2.50 bits per heavy atom. The third-order valence-corrected chi connectivity index (χ3v) is 2.35. The Balaban J connectivity index is 2.54. The normalized spacial score (nSPS) is 29.5. The fourth-order valence-corrected chi connectivity index (χ4v) is 1.63. The van der Waals surface area contributed by atoms with Crippen molar-refractivity contribution in [1.82, 2.24) is 0 Å². The molecule has 70 valence electrons. The smallest absolute Gasteiger partial charge is 0.427 e. The van der Waals surface area contributed by atoms with Crippen LogP contribution in [0.1, 0.15) is 32.1 Å². The van der Waals surface area contributed by atoms with Crippen LogP contribution in [0.4, 0.5) is 8.78 Å². The molecule has 2 N–H and O–H groups in total. The van der Waals surface area contributed by atoms with Gasteiger partial charge in [0.05, 0.1) is 0 Å². The van der Waals surface area contributed by atoms with Gasteiger partial charge in [0, 0.05) is 12.8 Å². The number of alkyl halides is 2. The van der Waals surface area contributed by atoms with Crippen LogP contribution in [0.25, 0.3) is 0 Å². The second-order valence-electron chi connectivity index (χ2n) is 3.48. The third-order valence-electron chi connectivity index (χ3n) is 2.35. The Morgan fingerprint density at radius 1 is 1.25 bits per heavy atom. The van der Waals surface area contributed by atoms with E-state index in [1.54, 1.807) is 0 Å². The van der Waals surface area contributed by atoms with Crippen molar-refractivity contribution in [3.8, 4) is 0 Å². The van der Waals surface area contributed by atoms with Gasteiger partial charge < -0.3 is 10.0 Å². The van der Waals surface area contributed by atoms with E-state index in [0.717, 1.165) is 0 Å². The quantitative estimate of drug-likeness (QED) is 0.470. The molecule has 0 amide bonds. The average Bonchev–Trinajstić information content (AvgIpc) is 2.10. The molecule has 1 fully saturated rings. The van der Waals surface area contributed by atoms with Gasteiger partial charge in [-0.05, 0) is 12.2 Å². The molecule has 1 aliphatic carbocycles. The Morgan fingerprint density at radius 2 is 1.92 bits per heavy atom. The zero-order valence-electron chi connectivity index (χ0n) is 6.84. The average molecular weight is 178 g/mol. The van der Waals surface area contributed by atoms with Gasteiger partial charge in [0.1, 0.15) is 0 Å². The molecular weight excluding hydrogens is 165 g/mol. The highest BCUT2D eigenvalue weighted by Gasteiger charge is 2.38. The maximum absolute atomic E-state index is 12.9. The van der Waals surface area contributed by atoms with E-state index < -0.39 is 18.9 Å². The molecule has 1 atom stereocenters. The Kier molecular flexibility index (Phi) is 3.07. The van der Waals surface area contributed by atoms with Crippen molar-refractivity contribution < 1.29 is 18.8 Å². The molecule has 0 bridgehead atoms. The monoisotopic (exact) mass is 178 g/mol. The number of hydrogen-bond acceptors (Lipinski definition) is 2. The number of rotatable bonds is 1. The van der Waals surface area contributed by atoms with Crippen LogP contribution in [0.2, 0.25) is 5.82 Å². The van der Waals surface area contributed by atoms with Gasteiger partial charge in [0.25, 0.3) is 0 Å². The Labute approximate surface area is 70.7 Å². The molecule has 12 heavy (non-hydrogen) atoms. The SMILES string of the molecule is OB(O)C1CCCCC(F)(F)C1. The van der Waals surface area contributed by atoms with Gasteiger partial charge in [-0.15, -0.1) is 0 Å². The van der Waals surface area contributed by atoms with E-state index in [9.17, 15) is 8.78 Å². The minimum atomic E-state index is -2.70. The summed E-state index contributed by atoms with van der Waals surface area (Å²) in [5.74, 6) is -3.35. The third kappa shape index (κ3) is 2.71. The lowest BCUT2D eigenvalue weighted by Gasteiger charge is -2.18. The summed E-state index contributed by atoms with van der Waals surface area (Å²) in [4.78, 5) is 0. The number of hydrogen-bond donors (Lipinski definition) is 2. The second-order valence-corrected chi connectivity index (χ2v) is 3.48. The predicted molar refractivity (Wildman–Crippen MR) is 42.0 cm³/mol. The summed E-state index contributed by atoms with van der Waals surface area (Å²) in [6, 6.07) is 0. The maximum Gasteiger partial charge on any atom is 0.454 e. The van der Waals surface area contributed by atoms with Gasteiger partial charge in [0.2, 0.25) is 5.92 Å². The standard InChI is InChI=1S/C7H13BF2O2/c9-7(10)4-2-1-3-6(5-7)8(11)12/h6,11-12H,1-5H2. The van der Waals surface area contributed by atoms with Gasteiger partial charge in [0.15, 0.2) is 0 Å². The first-order valence-corrected chi connectivity index (χ1v) is 4.25. The van der Waals surface area contributed by atoms with Gasteiger partial charge in [-0.2, -0.15) is 0 Å². The van der Waals surface area contributed by atoms with E-state index >= 15 is 0 Å². The molecule has 0 aliphatic heterocycles. The molecule has 0 saturated heterocycles. The van der Waals surface area contributed by atoms with Crippen molar-refractivity contribution in [2.45, 2.75) is 43.8 Å². The topological polar surface area (TPSA) is 40.5 Å². The van der Waals surface area contributed by atoms with E-state index in [2.05, 4.69) is 0 Å². The van der Waals surface area contributed by atoms with Crippen LogP contribution in [0.15, 0.2) is 0 Å². The van der Waals surface area contributed by atoms with E-state index in [1.807, 2.05) is 0 Å². The largest absolute Gasteiger partial charge is 0.454 e. The van der Waals surface area contributed by atoms with Crippen molar-refractivity contribution >= 4 is 7.12 Å². The van der Waals surface area contributed by atoms with E-state index in [-0.39, 0.29) is 12.8 Å². The summed E-state index contributed by atoms with van der Waals surface area (Å²) in [6.07, 6.45) is 1.14. The first kappa shape index (κ1) is 9.93. The van der Waals surface area contributed by atoms with Crippen molar-refractivity contribution in [3.63, 3.8) is 0 Å². The van der Waals surface area contributed by atoms with Gasteiger partial charge in [-0.3, -0.25) is 0 Å². The molecule has 1 unspecified atom stereocenters. The minimum Gasteiger partial charge on any atom is -0.427 e. The molecule has 0 aromatic rings. The predicted octanol–water partition coefficient (Wildman–Crippen LogP) is 1.43. The van der Waals surface area contributed by atoms with Crippen molar-refractivity contribution in [1.29, 1.82) is 0 Å². The molecular formula is C7H13BF2O2. The molecule has 0 aromatic carbocycles.